The Morgan fingerprint density at radius 1 is 1.14 bits per heavy atom. The van der Waals surface area contributed by atoms with Crippen LogP contribution in [0.3, 0.4) is 0 Å². The summed E-state index contributed by atoms with van der Waals surface area (Å²) in [5.74, 6) is 0.631. The van der Waals surface area contributed by atoms with Crippen LogP contribution in [-0.4, -0.2) is 12.0 Å². The average molecular weight is 309 g/mol. The molecular weight excluding hydrogens is 294 g/mol. The van der Waals surface area contributed by atoms with Crippen LogP contribution in [0.25, 0.3) is 0 Å². The van der Waals surface area contributed by atoms with Crippen molar-refractivity contribution < 1.29 is 13.5 Å². The second kappa shape index (κ2) is 6.02. The van der Waals surface area contributed by atoms with Crippen molar-refractivity contribution in [1.82, 2.24) is 0 Å². The Morgan fingerprint density at radius 3 is 2.71 bits per heavy atom. The highest BCUT2D eigenvalue weighted by atomic mass is 35.5. The van der Waals surface area contributed by atoms with Crippen LogP contribution >= 0.6 is 11.6 Å². The van der Waals surface area contributed by atoms with Crippen molar-refractivity contribution in [3.63, 3.8) is 0 Å². The molecule has 2 atom stereocenters. The van der Waals surface area contributed by atoms with E-state index in [9.17, 15) is 8.78 Å². The van der Waals surface area contributed by atoms with Gasteiger partial charge in [-0.25, -0.2) is 8.78 Å². The number of hydrogen-bond acceptors (Lipinski definition) is 1. The summed E-state index contributed by atoms with van der Waals surface area (Å²) in [5.41, 5.74) is 1.75. The fraction of sp³-hybridized carbons (Fsp3) is 0.294. The van der Waals surface area contributed by atoms with Gasteiger partial charge in [-0.3, -0.25) is 0 Å². The van der Waals surface area contributed by atoms with Gasteiger partial charge in [0.2, 0.25) is 0 Å². The molecule has 0 amide bonds. The molecule has 2 aromatic carbocycles. The first-order valence-electron chi connectivity index (χ1n) is 6.92. The summed E-state index contributed by atoms with van der Waals surface area (Å²) in [6.45, 7) is 0. The topological polar surface area (TPSA) is 9.23 Å². The molecule has 0 saturated carbocycles. The van der Waals surface area contributed by atoms with Crippen LogP contribution in [0.5, 0.6) is 5.75 Å². The predicted molar refractivity (Wildman–Crippen MR) is 79.0 cm³/mol. The molecule has 0 aliphatic carbocycles. The summed E-state index contributed by atoms with van der Waals surface area (Å²) in [6, 6.07) is 11.0. The smallest absolute Gasteiger partial charge is 0.123 e. The van der Waals surface area contributed by atoms with Crippen LogP contribution in [0.4, 0.5) is 8.78 Å². The van der Waals surface area contributed by atoms with Crippen molar-refractivity contribution >= 4 is 11.6 Å². The molecule has 0 saturated heterocycles. The van der Waals surface area contributed by atoms with E-state index in [1.54, 1.807) is 12.1 Å². The minimum Gasteiger partial charge on any atom is -0.490 e. The third kappa shape index (κ3) is 3.18. The van der Waals surface area contributed by atoms with Gasteiger partial charge in [-0.1, -0.05) is 12.1 Å². The molecule has 1 aliphatic rings. The summed E-state index contributed by atoms with van der Waals surface area (Å²) in [4.78, 5) is 0. The summed E-state index contributed by atoms with van der Waals surface area (Å²) >= 11 is 6.03. The second-order valence-corrected chi connectivity index (χ2v) is 5.65. The third-order valence-electron chi connectivity index (χ3n) is 3.82. The lowest BCUT2D eigenvalue weighted by Crippen LogP contribution is -2.18. The summed E-state index contributed by atoms with van der Waals surface area (Å²) in [5, 5.41) is 0. The normalized spacial score (nSPS) is 18.1. The number of rotatable bonds is 4. The van der Waals surface area contributed by atoms with E-state index in [2.05, 4.69) is 0 Å². The second-order valence-electron chi connectivity index (χ2n) is 5.34. The monoisotopic (exact) mass is 308 g/mol. The first kappa shape index (κ1) is 14.3. The van der Waals surface area contributed by atoms with Crippen molar-refractivity contribution in [3.8, 4) is 5.75 Å². The molecule has 0 N–H and O–H groups in total. The van der Waals surface area contributed by atoms with Crippen molar-refractivity contribution in [1.29, 1.82) is 0 Å². The van der Waals surface area contributed by atoms with E-state index in [0.717, 1.165) is 16.9 Å². The van der Waals surface area contributed by atoms with Gasteiger partial charge in [0.1, 0.15) is 23.5 Å². The number of fused-ring (bicyclic) bond motifs is 1. The number of benzene rings is 2. The Kier molecular flexibility index (Phi) is 4.11. The van der Waals surface area contributed by atoms with E-state index in [1.807, 2.05) is 6.07 Å². The fourth-order valence-corrected chi connectivity index (χ4v) is 3.09. The molecule has 1 heterocycles. The highest BCUT2D eigenvalue weighted by molar-refractivity contribution is 6.18. The predicted octanol–water partition coefficient (Wildman–Crippen LogP) is 4.68. The van der Waals surface area contributed by atoms with Gasteiger partial charge < -0.3 is 4.74 Å². The van der Waals surface area contributed by atoms with E-state index in [1.165, 1.54) is 24.3 Å². The van der Waals surface area contributed by atoms with Gasteiger partial charge >= 0.3 is 0 Å². The molecule has 0 aromatic heterocycles. The highest BCUT2D eigenvalue weighted by Crippen LogP contribution is 2.34. The van der Waals surface area contributed by atoms with Gasteiger partial charge in [-0.2, -0.15) is 0 Å². The number of alkyl halides is 1. The maximum absolute atomic E-state index is 13.3. The Labute approximate surface area is 127 Å². The Balaban J connectivity index is 1.72. The maximum atomic E-state index is 13.3. The molecular formula is C17H15ClF2O. The SMILES string of the molecule is Fc1cccc(C(CCl)CC2Cc3cc(F)ccc3O2)c1. The maximum Gasteiger partial charge on any atom is 0.123 e. The van der Waals surface area contributed by atoms with Gasteiger partial charge in [0.25, 0.3) is 0 Å². The molecule has 3 rings (SSSR count). The Bertz CT molecular complexity index is 644. The van der Waals surface area contributed by atoms with Crippen LogP contribution in [0.1, 0.15) is 23.5 Å². The molecule has 110 valence electrons. The molecule has 0 bridgehead atoms. The minimum atomic E-state index is -0.264. The van der Waals surface area contributed by atoms with Crippen molar-refractivity contribution in [3.05, 3.63) is 65.2 Å². The van der Waals surface area contributed by atoms with E-state index in [4.69, 9.17) is 16.3 Å². The minimum absolute atomic E-state index is 0.0199. The number of halogens is 3. The first-order valence-corrected chi connectivity index (χ1v) is 7.45. The van der Waals surface area contributed by atoms with Gasteiger partial charge in [0.15, 0.2) is 0 Å². The summed E-state index contributed by atoms with van der Waals surface area (Å²) in [7, 11) is 0. The van der Waals surface area contributed by atoms with Crippen LogP contribution in [0.15, 0.2) is 42.5 Å². The molecule has 0 spiro atoms. The summed E-state index contributed by atoms with van der Waals surface area (Å²) in [6.07, 6.45) is 1.30. The molecule has 2 aromatic rings. The van der Waals surface area contributed by atoms with Crippen molar-refractivity contribution in [2.24, 2.45) is 0 Å². The Hall–Kier alpha value is -1.61. The average Bonchev–Trinajstić information content (AvgIpc) is 2.86. The molecule has 1 aliphatic heterocycles. The van der Waals surface area contributed by atoms with E-state index in [0.29, 0.717) is 18.7 Å². The third-order valence-corrected chi connectivity index (χ3v) is 4.19. The summed E-state index contributed by atoms with van der Waals surface area (Å²) < 4.78 is 32.4. The molecule has 2 unspecified atom stereocenters. The largest absolute Gasteiger partial charge is 0.490 e. The number of ether oxygens (including phenoxy) is 1. The van der Waals surface area contributed by atoms with E-state index in [-0.39, 0.29) is 23.7 Å². The van der Waals surface area contributed by atoms with Gasteiger partial charge in [0.05, 0.1) is 0 Å². The number of hydrogen-bond donors (Lipinski definition) is 0. The van der Waals surface area contributed by atoms with Crippen LogP contribution in [0.2, 0.25) is 0 Å². The lowest BCUT2D eigenvalue weighted by atomic mass is 9.93. The van der Waals surface area contributed by atoms with Crippen molar-refractivity contribution in [2.45, 2.75) is 24.9 Å². The van der Waals surface area contributed by atoms with Crippen LogP contribution in [0, 0.1) is 11.6 Å². The lowest BCUT2D eigenvalue weighted by molar-refractivity contribution is 0.212. The zero-order valence-corrected chi connectivity index (χ0v) is 12.1. The molecule has 21 heavy (non-hydrogen) atoms. The molecule has 0 radical (unpaired) electrons. The highest BCUT2D eigenvalue weighted by Gasteiger charge is 2.26. The zero-order valence-electron chi connectivity index (χ0n) is 11.4. The molecule has 4 heteroatoms. The molecule has 0 fully saturated rings. The fourth-order valence-electron chi connectivity index (χ4n) is 2.79. The van der Waals surface area contributed by atoms with E-state index < -0.39 is 0 Å². The lowest BCUT2D eigenvalue weighted by Gasteiger charge is -2.19. The van der Waals surface area contributed by atoms with Crippen LogP contribution in [-0.2, 0) is 6.42 Å². The quantitative estimate of drug-likeness (QED) is 0.745. The first-order chi connectivity index (χ1) is 10.2. The van der Waals surface area contributed by atoms with E-state index >= 15 is 0 Å². The zero-order chi connectivity index (χ0) is 14.8. The Morgan fingerprint density at radius 2 is 1.95 bits per heavy atom. The van der Waals surface area contributed by atoms with Gasteiger partial charge in [-0.05, 0) is 42.3 Å². The molecule has 1 nitrogen and oxygen atoms in total. The van der Waals surface area contributed by atoms with Crippen LogP contribution < -0.4 is 4.74 Å². The standard InChI is InChI=1S/C17H15ClF2O/c18-10-13(11-2-1-3-14(19)6-11)9-16-8-12-7-15(20)4-5-17(12)21-16/h1-7,13,16H,8-10H2. The van der Waals surface area contributed by atoms with Gasteiger partial charge in [-0.15, -0.1) is 11.6 Å². The van der Waals surface area contributed by atoms with Gasteiger partial charge in [0, 0.05) is 23.8 Å². The van der Waals surface area contributed by atoms with Crippen molar-refractivity contribution in [2.75, 3.05) is 5.88 Å².